The topological polar surface area (TPSA) is 20.2 Å². The molecule has 1 heterocycles. The van der Waals surface area contributed by atoms with Crippen molar-refractivity contribution in [3.63, 3.8) is 0 Å². The van der Waals surface area contributed by atoms with Gasteiger partial charge in [-0.2, -0.15) is 0 Å². The molecule has 0 aliphatic carbocycles. The third-order valence-electron chi connectivity index (χ3n) is 2.66. The number of aliphatic hydroxyl groups is 1. The molecule has 1 rings (SSSR count). The Morgan fingerprint density at radius 1 is 1.43 bits per heavy atom. The highest BCUT2D eigenvalue weighted by Crippen LogP contribution is 2.35. The van der Waals surface area contributed by atoms with E-state index in [0.717, 1.165) is 22.2 Å². The van der Waals surface area contributed by atoms with Crippen molar-refractivity contribution in [1.29, 1.82) is 0 Å². The summed E-state index contributed by atoms with van der Waals surface area (Å²) in [5.74, 6) is 0.389. The number of halogens is 1. The van der Waals surface area contributed by atoms with Crippen molar-refractivity contribution in [2.75, 3.05) is 0 Å². The minimum atomic E-state index is -0.292. The molecule has 80 valence electrons. The first kappa shape index (κ1) is 12.2. The second kappa shape index (κ2) is 5.29. The summed E-state index contributed by atoms with van der Waals surface area (Å²) >= 11 is 5.16. The average Bonchev–Trinajstić information content (AvgIpc) is 2.49. The smallest absolute Gasteiger partial charge is 0.0910 e. The predicted octanol–water partition coefficient (Wildman–Crippen LogP) is 4.29. The highest BCUT2D eigenvalue weighted by atomic mass is 79.9. The molecule has 0 amide bonds. The van der Waals surface area contributed by atoms with Gasteiger partial charge in [-0.15, -0.1) is 11.3 Å². The molecule has 1 unspecified atom stereocenters. The Labute approximate surface area is 98.3 Å². The zero-order valence-corrected chi connectivity index (χ0v) is 11.3. The molecule has 0 bridgehead atoms. The van der Waals surface area contributed by atoms with Gasteiger partial charge < -0.3 is 5.11 Å². The Morgan fingerprint density at radius 3 is 2.36 bits per heavy atom. The van der Waals surface area contributed by atoms with E-state index >= 15 is 0 Å². The van der Waals surface area contributed by atoms with Crippen molar-refractivity contribution in [3.05, 3.63) is 20.3 Å². The summed E-state index contributed by atoms with van der Waals surface area (Å²) in [5.41, 5.74) is 0. The first-order chi connectivity index (χ1) is 6.60. The Balaban J connectivity index is 2.82. The molecule has 0 saturated carbocycles. The summed E-state index contributed by atoms with van der Waals surface area (Å²) in [6.45, 7) is 6.33. The quantitative estimate of drug-likeness (QED) is 0.870. The molecule has 0 spiro atoms. The molecule has 0 aromatic carbocycles. The fraction of sp³-hybridized carbons (Fsp3) is 0.636. The zero-order chi connectivity index (χ0) is 10.7. The second-order valence-corrected chi connectivity index (χ2v) is 5.72. The van der Waals surface area contributed by atoms with Gasteiger partial charge in [0, 0.05) is 14.2 Å². The lowest BCUT2D eigenvalue weighted by Crippen LogP contribution is -2.09. The van der Waals surface area contributed by atoms with Gasteiger partial charge in [0.1, 0.15) is 0 Å². The van der Waals surface area contributed by atoms with E-state index in [1.54, 1.807) is 11.3 Å². The summed E-state index contributed by atoms with van der Waals surface area (Å²) in [6, 6.07) is 2.04. The highest BCUT2D eigenvalue weighted by Gasteiger charge is 2.19. The van der Waals surface area contributed by atoms with Gasteiger partial charge in [-0.05, 0) is 34.8 Å². The van der Waals surface area contributed by atoms with Gasteiger partial charge in [-0.3, -0.25) is 0 Å². The molecule has 1 aromatic heterocycles. The van der Waals surface area contributed by atoms with E-state index in [4.69, 9.17) is 0 Å². The summed E-state index contributed by atoms with van der Waals surface area (Å²) in [5, 5.41) is 10.1. The van der Waals surface area contributed by atoms with Gasteiger partial charge >= 0.3 is 0 Å². The molecule has 0 fully saturated rings. The molecule has 0 radical (unpaired) electrons. The zero-order valence-electron chi connectivity index (χ0n) is 8.88. The van der Waals surface area contributed by atoms with Gasteiger partial charge in [0.05, 0.1) is 6.10 Å². The van der Waals surface area contributed by atoms with Crippen LogP contribution in [-0.4, -0.2) is 5.11 Å². The maximum absolute atomic E-state index is 10.1. The summed E-state index contributed by atoms with van der Waals surface area (Å²) in [7, 11) is 0. The van der Waals surface area contributed by atoms with Crippen molar-refractivity contribution >= 4 is 27.3 Å². The number of rotatable bonds is 4. The van der Waals surface area contributed by atoms with Gasteiger partial charge in [-0.25, -0.2) is 0 Å². The molecule has 0 aliphatic rings. The Kier molecular flexibility index (Phi) is 4.61. The fourth-order valence-electron chi connectivity index (χ4n) is 1.59. The molecular formula is C11H17BrOS. The van der Waals surface area contributed by atoms with E-state index in [2.05, 4.69) is 36.7 Å². The van der Waals surface area contributed by atoms with Gasteiger partial charge in [-0.1, -0.05) is 26.7 Å². The number of thiophene rings is 1. The normalized spacial score (nSPS) is 13.6. The van der Waals surface area contributed by atoms with Crippen LogP contribution in [0.1, 0.15) is 42.5 Å². The SMILES string of the molecule is CCC(CC)C(O)c1cc(Br)c(C)s1. The van der Waals surface area contributed by atoms with Gasteiger partial charge in [0.2, 0.25) is 0 Å². The van der Waals surface area contributed by atoms with Crippen LogP contribution in [0.25, 0.3) is 0 Å². The van der Waals surface area contributed by atoms with E-state index in [1.807, 2.05) is 6.07 Å². The van der Waals surface area contributed by atoms with E-state index in [1.165, 1.54) is 4.88 Å². The van der Waals surface area contributed by atoms with Crippen LogP contribution in [0, 0.1) is 12.8 Å². The molecule has 14 heavy (non-hydrogen) atoms. The van der Waals surface area contributed by atoms with Crippen molar-refractivity contribution in [2.24, 2.45) is 5.92 Å². The average molecular weight is 277 g/mol. The van der Waals surface area contributed by atoms with Crippen molar-refractivity contribution in [2.45, 2.75) is 39.7 Å². The van der Waals surface area contributed by atoms with Crippen LogP contribution >= 0.6 is 27.3 Å². The summed E-state index contributed by atoms with van der Waals surface area (Å²) in [6.07, 6.45) is 1.78. The maximum atomic E-state index is 10.1. The molecule has 1 atom stereocenters. The molecule has 3 heteroatoms. The van der Waals surface area contributed by atoms with E-state index in [0.29, 0.717) is 5.92 Å². The van der Waals surface area contributed by atoms with Crippen molar-refractivity contribution in [1.82, 2.24) is 0 Å². The molecule has 1 N–H and O–H groups in total. The monoisotopic (exact) mass is 276 g/mol. The van der Waals surface area contributed by atoms with Gasteiger partial charge in [0.15, 0.2) is 0 Å². The molecular weight excluding hydrogens is 260 g/mol. The van der Waals surface area contributed by atoms with Crippen molar-refractivity contribution in [3.8, 4) is 0 Å². The standard InChI is InChI=1S/C11H17BrOS/c1-4-8(5-2)11(13)10-6-9(12)7(3)14-10/h6,8,11,13H,4-5H2,1-3H3. The van der Waals surface area contributed by atoms with Crippen LogP contribution in [-0.2, 0) is 0 Å². The third-order valence-corrected chi connectivity index (χ3v) is 4.87. The Bertz CT molecular complexity index is 272. The second-order valence-electron chi connectivity index (χ2n) is 3.57. The predicted molar refractivity (Wildman–Crippen MR) is 65.8 cm³/mol. The van der Waals surface area contributed by atoms with Gasteiger partial charge in [0.25, 0.3) is 0 Å². The third kappa shape index (κ3) is 2.59. The van der Waals surface area contributed by atoms with Crippen LogP contribution in [0.5, 0.6) is 0 Å². The lowest BCUT2D eigenvalue weighted by atomic mass is 9.96. The number of aliphatic hydroxyl groups excluding tert-OH is 1. The maximum Gasteiger partial charge on any atom is 0.0910 e. The minimum absolute atomic E-state index is 0.292. The number of aryl methyl sites for hydroxylation is 1. The summed E-state index contributed by atoms with van der Waals surface area (Å²) < 4.78 is 1.11. The van der Waals surface area contributed by atoms with Crippen LogP contribution in [0.15, 0.2) is 10.5 Å². The highest BCUT2D eigenvalue weighted by molar-refractivity contribution is 9.10. The largest absolute Gasteiger partial charge is 0.387 e. The minimum Gasteiger partial charge on any atom is -0.387 e. The molecule has 0 aliphatic heterocycles. The first-order valence-electron chi connectivity index (χ1n) is 5.04. The Hall–Kier alpha value is 0.140. The first-order valence-corrected chi connectivity index (χ1v) is 6.64. The molecule has 0 saturated heterocycles. The van der Waals surface area contributed by atoms with Crippen LogP contribution in [0.3, 0.4) is 0 Å². The van der Waals surface area contributed by atoms with Crippen LogP contribution in [0.2, 0.25) is 0 Å². The summed E-state index contributed by atoms with van der Waals surface area (Å²) in [4.78, 5) is 2.33. The van der Waals surface area contributed by atoms with Crippen LogP contribution < -0.4 is 0 Å². The molecule has 1 aromatic rings. The van der Waals surface area contributed by atoms with E-state index in [-0.39, 0.29) is 6.10 Å². The lowest BCUT2D eigenvalue weighted by Gasteiger charge is -2.18. The van der Waals surface area contributed by atoms with Crippen LogP contribution in [0.4, 0.5) is 0 Å². The molecule has 1 nitrogen and oxygen atoms in total. The van der Waals surface area contributed by atoms with Crippen molar-refractivity contribution < 1.29 is 5.11 Å². The van der Waals surface area contributed by atoms with E-state index in [9.17, 15) is 5.11 Å². The number of hydrogen-bond acceptors (Lipinski definition) is 2. The number of hydrogen-bond donors (Lipinski definition) is 1. The van der Waals surface area contributed by atoms with E-state index < -0.39 is 0 Å². The Morgan fingerprint density at radius 2 is 2.00 bits per heavy atom. The lowest BCUT2D eigenvalue weighted by molar-refractivity contribution is 0.107. The fourth-order valence-corrected chi connectivity index (χ4v) is 3.24.